The van der Waals surface area contributed by atoms with Crippen molar-refractivity contribution in [3.8, 4) is 5.75 Å². The maximum atomic E-state index is 5.92. The molecule has 3 rings (SSSR count). The molecular weight excluding hydrogens is 366 g/mol. The van der Waals surface area contributed by atoms with E-state index in [1.165, 1.54) is 15.6 Å². The summed E-state index contributed by atoms with van der Waals surface area (Å²) in [5.74, 6) is 0.709. The van der Waals surface area contributed by atoms with E-state index in [1.807, 2.05) is 30.3 Å². The number of ether oxygens (including phenoxy) is 1. The van der Waals surface area contributed by atoms with Crippen LogP contribution in [0.15, 0.2) is 52.3 Å². The van der Waals surface area contributed by atoms with Crippen LogP contribution in [0.25, 0.3) is 10.1 Å². The maximum Gasteiger partial charge on any atom is 0.130 e. The second kappa shape index (κ2) is 6.13. The Labute approximate surface area is 140 Å². The third-order valence-electron chi connectivity index (χ3n) is 3.15. The molecule has 0 radical (unpaired) electrons. The number of benzene rings is 2. The molecule has 0 atom stereocenters. The summed E-state index contributed by atoms with van der Waals surface area (Å²) in [5, 5.41) is 3.36. The van der Waals surface area contributed by atoms with Crippen LogP contribution in [0.1, 0.15) is 11.1 Å². The molecule has 0 aliphatic rings. The van der Waals surface area contributed by atoms with Crippen molar-refractivity contribution in [3.63, 3.8) is 0 Å². The van der Waals surface area contributed by atoms with Gasteiger partial charge in [0, 0.05) is 14.7 Å². The van der Waals surface area contributed by atoms with Gasteiger partial charge in [-0.3, -0.25) is 0 Å². The Morgan fingerprint density at radius 2 is 2.05 bits per heavy atom. The van der Waals surface area contributed by atoms with E-state index >= 15 is 0 Å². The SMILES string of the molecule is NC(=S)c1cc(Br)ccc1OCc1csc2ccccc12. The minimum absolute atomic E-state index is 0.335. The second-order valence-electron chi connectivity index (χ2n) is 4.55. The highest BCUT2D eigenvalue weighted by molar-refractivity contribution is 9.10. The first kappa shape index (κ1) is 14.5. The number of hydrogen-bond acceptors (Lipinski definition) is 3. The molecule has 0 saturated carbocycles. The van der Waals surface area contributed by atoms with Gasteiger partial charge in [0.15, 0.2) is 0 Å². The van der Waals surface area contributed by atoms with Crippen LogP contribution in [-0.2, 0) is 6.61 Å². The molecule has 0 fully saturated rings. The molecule has 0 amide bonds. The summed E-state index contributed by atoms with van der Waals surface area (Å²) in [6.07, 6.45) is 0. The summed E-state index contributed by atoms with van der Waals surface area (Å²) >= 11 is 10.2. The zero-order chi connectivity index (χ0) is 14.8. The van der Waals surface area contributed by atoms with Crippen molar-refractivity contribution in [3.05, 3.63) is 63.4 Å². The zero-order valence-electron chi connectivity index (χ0n) is 11.0. The van der Waals surface area contributed by atoms with Gasteiger partial charge >= 0.3 is 0 Å². The largest absolute Gasteiger partial charge is 0.488 e. The topological polar surface area (TPSA) is 35.2 Å². The lowest BCUT2D eigenvalue weighted by Crippen LogP contribution is -2.11. The summed E-state index contributed by atoms with van der Waals surface area (Å²) in [4.78, 5) is 0.335. The smallest absolute Gasteiger partial charge is 0.130 e. The van der Waals surface area contributed by atoms with Crippen LogP contribution in [0, 0.1) is 0 Å². The van der Waals surface area contributed by atoms with Gasteiger partial charge in [0.1, 0.15) is 17.3 Å². The second-order valence-corrected chi connectivity index (χ2v) is 6.82. The molecule has 2 N–H and O–H groups in total. The molecule has 5 heteroatoms. The minimum atomic E-state index is 0.335. The van der Waals surface area contributed by atoms with Crippen LogP contribution >= 0.6 is 39.5 Å². The zero-order valence-corrected chi connectivity index (χ0v) is 14.2. The number of halogens is 1. The predicted octanol–water partition coefficient (Wildman–Crippen LogP) is 4.88. The van der Waals surface area contributed by atoms with E-state index in [0.717, 1.165) is 10.0 Å². The van der Waals surface area contributed by atoms with Crippen molar-refractivity contribution in [2.75, 3.05) is 0 Å². The first-order valence-electron chi connectivity index (χ1n) is 6.32. The average molecular weight is 378 g/mol. The van der Waals surface area contributed by atoms with Gasteiger partial charge in [-0.2, -0.15) is 0 Å². The van der Waals surface area contributed by atoms with Crippen LogP contribution in [0.3, 0.4) is 0 Å². The normalized spacial score (nSPS) is 10.7. The summed E-state index contributed by atoms with van der Waals surface area (Å²) in [6.45, 7) is 0.501. The van der Waals surface area contributed by atoms with E-state index in [2.05, 4.69) is 33.4 Å². The predicted molar refractivity (Wildman–Crippen MR) is 96.2 cm³/mol. The van der Waals surface area contributed by atoms with Crippen LogP contribution in [0.5, 0.6) is 5.75 Å². The highest BCUT2D eigenvalue weighted by atomic mass is 79.9. The molecule has 1 heterocycles. The standard InChI is InChI=1S/C16H12BrNOS2/c17-11-5-6-14(13(7-11)16(18)20)19-8-10-9-21-15-4-2-1-3-12(10)15/h1-7,9H,8H2,(H2,18,20). The molecule has 1 aromatic heterocycles. The molecule has 0 aliphatic heterocycles. The molecule has 3 aromatic rings. The van der Waals surface area contributed by atoms with Crippen molar-refractivity contribution in [2.24, 2.45) is 5.73 Å². The molecule has 0 saturated heterocycles. The highest BCUT2D eigenvalue weighted by Gasteiger charge is 2.09. The fraction of sp³-hybridized carbons (Fsp3) is 0.0625. The highest BCUT2D eigenvalue weighted by Crippen LogP contribution is 2.28. The quantitative estimate of drug-likeness (QED) is 0.658. The van der Waals surface area contributed by atoms with E-state index in [0.29, 0.717) is 17.3 Å². The Morgan fingerprint density at radius 1 is 1.24 bits per heavy atom. The number of nitrogens with two attached hydrogens (primary N) is 1. The number of fused-ring (bicyclic) bond motifs is 1. The number of thiocarbonyl (C=S) groups is 1. The summed E-state index contributed by atoms with van der Waals surface area (Å²) in [7, 11) is 0. The Bertz CT molecular complexity index is 813. The lowest BCUT2D eigenvalue weighted by Gasteiger charge is -2.11. The van der Waals surface area contributed by atoms with Crippen molar-refractivity contribution < 1.29 is 4.74 Å². The van der Waals surface area contributed by atoms with E-state index in [9.17, 15) is 0 Å². The first-order valence-corrected chi connectivity index (χ1v) is 8.40. The lowest BCUT2D eigenvalue weighted by molar-refractivity contribution is 0.307. The van der Waals surface area contributed by atoms with Gasteiger partial charge in [-0.05, 0) is 35.0 Å². The fourth-order valence-electron chi connectivity index (χ4n) is 2.12. The summed E-state index contributed by atoms with van der Waals surface area (Å²) in [5.41, 5.74) is 7.68. The average Bonchev–Trinajstić information content (AvgIpc) is 2.89. The van der Waals surface area contributed by atoms with Crippen molar-refractivity contribution in [1.29, 1.82) is 0 Å². The molecule has 2 nitrogen and oxygen atoms in total. The number of rotatable bonds is 4. The monoisotopic (exact) mass is 377 g/mol. The van der Waals surface area contributed by atoms with E-state index in [4.69, 9.17) is 22.7 Å². The van der Waals surface area contributed by atoms with Crippen LogP contribution < -0.4 is 10.5 Å². The Kier molecular flexibility index (Phi) is 4.24. The van der Waals surface area contributed by atoms with Gasteiger partial charge in [-0.25, -0.2) is 0 Å². The van der Waals surface area contributed by atoms with Gasteiger partial charge in [-0.1, -0.05) is 46.3 Å². The van der Waals surface area contributed by atoms with Crippen LogP contribution in [-0.4, -0.2) is 4.99 Å². The molecule has 0 bridgehead atoms. The summed E-state index contributed by atoms with van der Waals surface area (Å²) < 4.78 is 8.12. The molecular formula is C16H12BrNOS2. The third kappa shape index (κ3) is 3.10. The number of hydrogen-bond donors (Lipinski definition) is 1. The molecule has 2 aromatic carbocycles. The van der Waals surface area contributed by atoms with Crippen LogP contribution in [0.2, 0.25) is 0 Å². The fourth-order valence-corrected chi connectivity index (χ4v) is 3.59. The van der Waals surface area contributed by atoms with Crippen molar-refractivity contribution in [1.82, 2.24) is 0 Å². The van der Waals surface area contributed by atoms with Gasteiger partial charge < -0.3 is 10.5 Å². The van der Waals surface area contributed by atoms with E-state index < -0.39 is 0 Å². The van der Waals surface area contributed by atoms with Gasteiger partial charge in [0.2, 0.25) is 0 Å². The lowest BCUT2D eigenvalue weighted by atomic mass is 10.2. The van der Waals surface area contributed by atoms with Crippen molar-refractivity contribution in [2.45, 2.75) is 6.61 Å². The van der Waals surface area contributed by atoms with E-state index in [-0.39, 0.29) is 0 Å². The minimum Gasteiger partial charge on any atom is -0.488 e. The van der Waals surface area contributed by atoms with Gasteiger partial charge in [0.05, 0.1) is 5.56 Å². The maximum absolute atomic E-state index is 5.92. The van der Waals surface area contributed by atoms with Crippen LogP contribution in [0.4, 0.5) is 0 Å². The third-order valence-corrected chi connectivity index (χ3v) is 4.88. The Morgan fingerprint density at radius 3 is 2.86 bits per heavy atom. The molecule has 21 heavy (non-hydrogen) atoms. The number of thiophene rings is 1. The molecule has 0 unspecified atom stereocenters. The summed E-state index contributed by atoms with van der Waals surface area (Å²) in [6, 6.07) is 14.0. The molecule has 0 aliphatic carbocycles. The first-order chi connectivity index (χ1) is 10.1. The molecule has 106 valence electrons. The Hall–Kier alpha value is -1.43. The van der Waals surface area contributed by atoms with Gasteiger partial charge in [-0.15, -0.1) is 11.3 Å². The molecule has 0 spiro atoms. The Balaban J connectivity index is 1.87. The van der Waals surface area contributed by atoms with E-state index in [1.54, 1.807) is 11.3 Å². The van der Waals surface area contributed by atoms with Crippen molar-refractivity contribution >= 4 is 54.6 Å². The van der Waals surface area contributed by atoms with Gasteiger partial charge in [0.25, 0.3) is 0 Å².